The highest BCUT2D eigenvalue weighted by Gasteiger charge is 2.50. The zero-order valence-corrected chi connectivity index (χ0v) is 18.8. The molecular weight excluding hydrogens is 414 g/mol. The molecule has 8 heteroatoms. The molecule has 0 aromatic heterocycles. The third-order valence-corrected chi connectivity index (χ3v) is 4.60. The summed E-state index contributed by atoms with van der Waals surface area (Å²) in [6.45, 7) is 4.72. The third kappa shape index (κ3) is 6.00. The van der Waals surface area contributed by atoms with E-state index in [-0.39, 0.29) is 26.2 Å². The van der Waals surface area contributed by atoms with Gasteiger partial charge in [0.05, 0.1) is 20.3 Å². The fourth-order valence-corrected chi connectivity index (χ4v) is 3.22. The first-order chi connectivity index (χ1) is 15.4. The molecule has 1 amide bonds. The van der Waals surface area contributed by atoms with Crippen LogP contribution < -0.4 is 14.8 Å². The third-order valence-electron chi connectivity index (χ3n) is 4.60. The van der Waals surface area contributed by atoms with Crippen LogP contribution in [0.4, 0.5) is 0 Å². The van der Waals surface area contributed by atoms with Gasteiger partial charge in [-0.15, -0.1) is 0 Å². The van der Waals surface area contributed by atoms with Gasteiger partial charge < -0.3 is 24.3 Å². The van der Waals surface area contributed by atoms with Crippen LogP contribution in [0.3, 0.4) is 0 Å². The summed E-state index contributed by atoms with van der Waals surface area (Å²) < 4.78 is 21.8. The van der Waals surface area contributed by atoms with Crippen molar-refractivity contribution in [2.24, 2.45) is 0 Å². The number of carbonyl (C=O) groups excluding carboxylic acids is 3. The first-order valence-electron chi connectivity index (χ1n) is 10.3. The second kappa shape index (κ2) is 11.7. The molecule has 8 nitrogen and oxygen atoms in total. The quantitative estimate of drug-likeness (QED) is 0.421. The van der Waals surface area contributed by atoms with Crippen LogP contribution in [-0.4, -0.2) is 43.7 Å². The Morgan fingerprint density at radius 1 is 0.906 bits per heavy atom. The molecule has 32 heavy (non-hydrogen) atoms. The zero-order valence-electron chi connectivity index (χ0n) is 18.8. The van der Waals surface area contributed by atoms with Crippen molar-refractivity contribution in [3.63, 3.8) is 0 Å². The van der Waals surface area contributed by atoms with Gasteiger partial charge in [-0.2, -0.15) is 0 Å². The van der Waals surface area contributed by atoms with E-state index in [1.807, 2.05) is 30.3 Å². The number of nitrogens with one attached hydrogen (secondary N) is 1. The summed E-state index contributed by atoms with van der Waals surface area (Å²) in [6, 6.07) is 14.6. The highest BCUT2D eigenvalue weighted by Crippen LogP contribution is 2.35. The molecule has 1 N–H and O–H groups in total. The van der Waals surface area contributed by atoms with Gasteiger partial charge in [-0.3, -0.25) is 4.79 Å². The smallest absolute Gasteiger partial charge is 0.344 e. The van der Waals surface area contributed by atoms with E-state index in [1.54, 1.807) is 32.0 Å². The molecule has 0 aliphatic heterocycles. The van der Waals surface area contributed by atoms with E-state index < -0.39 is 23.4 Å². The lowest BCUT2D eigenvalue weighted by Crippen LogP contribution is -2.62. The van der Waals surface area contributed by atoms with Crippen molar-refractivity contribution in [1.29, 1.82) is 0 Å². The minimum atomic E-state index is -2.07. The number of carbonyl (C=O) groups is 3. The van der Waals surface area contributed by atoms with Crippen molar-refractivity contribution >= 4 is 17.8 Å². The topological polar surface area (TPSA) is 100 Å². The maximum atomic E-state index is 13.0. The molecular formula is C24H29NO7. The summed E-state index contributed by atoms with van der Waals surface area (Å²) in [5, 5.41) is 2.47. The number of methoxy groups -OCH3 is 1. The van der Waals surface area contributed by atoms with Crippen LogP contribution in [0.1, 0.15) is 31.9 Å². The van der Waals surface area contributed by atoms with Crippen molar-refractivity contribution in [2.75, 3.05) is 20.3 Å². The van der Waals surface area contributed by atoms with Crippen molar-refractivity contribution in [3.05, 3.63) is 59.7 Å². The van der Waals surface area contributed by atoms with Crippen molar-refractivity contribution in [3.8, 4) is 11.5 Å². The molecule has 0 saturated carbocycles. The average molecular weight is 443 g/mol. The molecule has 0 bridgehead atoms. The molecule has 2 aromatic rings. The lowest BCUT2D eigenvalue weighted by atomic mass is 9.89. The summed E-state index contributed by atoms with van der Waals surface area (Å²) >= 11 is 0. The highest BCUT2D eigenvalue weighted by atomic mass is 16.6. The molecule has 172 valence electrons. The lowest BCUT2D eigenvalue weighted by Gasteiger charge is -2.30. The standard InChI is InChI=1S/C24H29NO7/c1-5-30-22(27)24(25-17(3)26,23(28)31-6-2)15-19-13-10-14-20(29-4)21(19)32-16-18-11-8-7-9-12-18/h7-14H,5-6,15-16H2,1-4H3,(H,25,26). The van der Waals surface area contributed by atoms with Crippen molar-refractivity contribution in [2.45, 2.75) is 39.3 Å². The summed E-state index contributed by atoms with van der Waals surface area (Å²) in [4.78, 5) is 37.9. The normalized spacial score (nSPS) is 10.8. The number of benzene rings is 2. The Labute approximate surface area is 187 Å². The molecule has 0 fully saturated rings. The zero-order chi connectivity index (χ0) is 23.6. The molecule has 0 saturated heterocycles. The number of amides is 1. The number of esters is 2. The second-order valence-electron chi connectivity index (χ2n) is 6.93. The van der Waals surface area contributed by atoms with E-state index in [1.165, 1.54) is 14.0 Å². The summed E-state index contributed by atoms with van der Waals surface area (Å²) in [5.74, 6) is -1.64. The van der Waals surface area contributed by atoms with E-state index >= 15 is 0 Å². The maximum absolute atomic E-state index is 13.0. The van der Waals surface area contributed by atoms with E-state index in [4.69, 9.17) is 18.9 Å². The Hall–Kier alpha value is -3.55. The van der Waals surface area contributed by atoms with Gasteiger partial charge in [0, 0.05) is 18.9 Å². The Kier molecular flexibility index (Phi) is 9.07. The van der Waals surface area contributed by atoms with Gasteiger partial charge in [-0.1, -0.05) is 42.5 Å². The number of rotatable bonds is 11. The molecule has 2 rings (SSSR count). The van der Waals surface area contributed by atoms with E-state index in [0.717, 1.165) is 5.56 Å². The van der Waals surface area contributed by atoms with E-state index in [9.17, 15) is 14.4 Å². The van der Waals surface area contributed by atoms with Gasteiger partial charge >= 0.3 is 11.9 Å². The molecule has 0 unspecified atom stereocenters. The highest BCUT2D eigenvalue weighted by molar-refractivity contribution is 6.08. The van der Waals surface area contributed by atoms with Gasteiger partial charge in [-0.05, 0) is 25.5 Å². The molecule has 0 atom stereocenters. The first-order valence-corrected chi connectivity index (χ1v) is 10.3. The number of ether oxygens (including phenoxy) is 4. The average Bonchev–Trinajstić information content (AvgIpc) is 2.78. The van der Waals surface area contributed by atoms with Gasteiger partial charge in [0.2, 0.25) is 11.4 Å². The van der Waals surface area contributed by atoms with Crippen LogP contribution in [0.5, 0.6) is 11.5 Å². The SMILES string of the molecule is CCOC(=O)C(Cc1cccc(OC)c1OCc1ccccc1)(NC(C)=O)C(=O)OCC. The van der Waals surface area contributed by atoms with Gasteiger partial charge in [0.15, 0.2) is 11.5 Å². The van der Waals surface area contributed by atoms with Crippen LogP contribution in [-0.2, 0) is 36.9 Å². The predicted octanol–water partition coefficient (Wildman–Crippen LogP) is 2.82. The number of para-hydroxylation sites is 1. The fourth-order valence-electron chi connectivity index (χ4n) is 3.22. The Morgan fingerprint density at radius 3 is 2.06 bits per heavy atom. The second-order valence-corrected chi connectivity index (χ2v) is 6.93. The van der Waals surface area contributed by atoms with E-state index in [2.05, 4.69) is 5.32 Å². The number of hydrogen-bond acceptors (Lipinski definition) is 7. The first kappa shape index (κ1) is 24.7. The molecule has 0 heterocycles. The summed E-state index contributed by atoms with van der Waals surface area (Å²) in [6.07, 6.45) is -0.244. The lowest BCUT2D eigenvalue weighted by molar-refractivity contribution is -0.168. The monoisotopic (exact) mass is 443 g/mol. The van der Waals surface area contributed by atoms with Crippen LogP contribution in [0.15, 0.2) is 48.5 Å². The Morgan fingerprint density at radius 2 is 1.53 bits per heavy atom. The molecule has 2 aromatic carbocycles. The van der Waals surface area contributed by atoms with Crippen molar-refractivity contribution < 1.29 is 33.3 Å². The van der Waals surface area contributed by atoms with Gasteiger partial charge in [0.1, 0.15) is 6.61 Å². The minimum absolute atomic E-state index is 0.0229. The van der Waals surface area contributed by atoms with Crippen LogP contribution in [0, 0.1) is 0 Å². The minimum Gasteiger partial charge on any atom is -0.493 e. The van der Waals surface area contributed by atoms with Gasteiger partial charge in [-0.25, -0.2) is 9.59 Å². The fraction of sp³-hybridized carbons (Fsp3) is 0.375. The predicted molar refractivity (Wildman–Crippen MR) is 117 cm³/mol. The maximum Gasteiger partial charge on any atom is 0.344 e. The molecule has 0 spiro atoms. The van der Waals surface area contributed by atoms with Crippen LogP contribution in [0.25, 0.3) is 0 Å². The van der Waals surface area contributed by atoms with Crippen molar-refractivity contribution in [1.82, 2.24) is 5.32 Å². The summed E-state index contributed by atoms with van der Waals surface area (Å²) in [5.41, 5.74) is -0.682. The van der Waals surface area contributed by atoms with E-state index in [0.29, 0.717) is 17.1 Å². The molecule has 0 aliphatic rings. The molecule has 0 radical (unpaired) electrons. The Bertz CT molecular complexity index is 909. The van der Waals surface area contributed by atoms with Crippen LogP contribution in [0.2, 0.25) is 0 Å². The molecule has 0 aliphatic carbocycles. The number of hydrogen-bond donors (Lipinski definition) is 1. The Balaban J connectivity index is 2.52. The van der Waals surface area contributed by atoms with Crippen LogP contribution >= 0.6 is 0 Å². The van der Waals surface area contributed by atoms with Gasteiger partial charge in [0.25, 0.3) is 0 Å². The largest absolute Gasteiger partial charge is 0.493 e. The summed E-state index contributed by atoms with van der Waals surface area (Å²) in [7, 11) is 1.49.